The molecule has 1 N–H and O–H groups in total. The molecule has 0 aliphatic carbocycles. The number of carbonyl (C=O) groups is 1. The fourth-order valence-electron chi connectivity index (χ4n) is 2.99. The summed E-state index contributed by atoms with van der Waals surface area (Å²) in [6, 6.07) is 16.8. The van der Waals surface area contributed by atoms with E-state index in [4.69, 9.17) is 37.9 Å². The Kier molecular flexibility index (Phi) is 18.5. The summed E-state index contributed by atoms with van der Waals surface area (Å²) in [6.45, 7) is 8.49. The van der Waals surface area contributed by atoms with Gasteiger partial charge in [-0.2, -0.15) is 0 Å². The minimum atomic E-state index is -0.105. The molecule has 0 heterocycles. The molecule has 0 aliphatic heterocycles. The second-order valence-corrected chi connectivity index (χ2v) is 7.89. The van der Waals surface area contributed by atoms with Gasteiger partial charge < -0.3 is 43.2 Å². The van der Waals surface area contributed by atoms with Gasteiger partial charge in [0.1, 0.15) is 24.7 Å². The van der Waals surface area contributed by atoms with Gasteiger partial charge in [-0.05, 0) is 36.4 Å². The largest absolute Gasteiger partial charge is 0.491 e. The van der Waals surface area contributed by atoms with Gasteiger partial charge >= 0.3 is 0 Å². The lowest BCUT2D eigenvalue weighted by atomic mass is 10.3. The normalized spacial score (nSPS) is 10.9. The minimum Gasteiger partial charge on any atom is -0.491 e. The number of hydrogen-bond donors (Lipinski definition) is 1. The highest BCUT2D eigenvalue weighted by Crippen LogP contribution is 2.15. The lowest BCUT2D eigenvalue weighted by molar-refractivity contribution is -0.114. The first-order valence-corrected chi connectivity index (χ1v) is 12.9. The van der Waals surface area contributed by atoms with E-state index in [0.717, 1.165) is 17.2 Å². The highest BCUT2D eigenvalue weighted by molar-refractivity contribution is 5.88. The van der Waals surface area contributed by atoms with Crippen molar-refractivity contribution >= 4 is 11.6 Å². The summed E-state index contributed by atoms with van der Waals surface area (Å²) >= 11 is 0. The van der Waals surface area contributed by atoms with E-state index in [1.54, 1.807) is 24.3 Å². The van der Waals surface area contributed by atoms with E-state index >= 15 is 0 Å². The second-order valence-electron chi connectivity index (χ2n) is 7.89. The molecule has 0 saturated carbocycles. The molecule has 2 aromatic rings. The fourth-order valence-corrected chi connectivity index (χ4v) is 2.99. The maximum absolute atomic E-state index is 11.0. The van der Waals surface area contributed by atoms with Gasteiger partial charge in [0.05, 0.1) is 79.3 Å². The van der Waals surface area contributed by atoms with Gasteiger partial charge in [0.25, 0.3) is 0 Å². The first-order valence-electron chi connectivity index (χ1n) is 12.9. The molecule has 10 heteroatoms. The van der Waals surface area contributed by atoms with Gasteiger partial charge in [0, 0.05) is 12.6 Å². The number of rotatable bonds is 24. The van der Waals surface area contributed by atoms with Crippen molar-refractivity contribution in [2.75, 3.05) is 97.8 Å². The van der Waals surface area contributed by atoms with E-state index in [1.807, 2.05) is 30.3 Å². The van der Waals surface area contributed by atoms with Gasteiger partial charge in [-0.1, -0.05) is 18.2 Å². The zero-order chi connectivity index (χ0) is 26.9. The Hall–Kier alpha value is -2.73. The summed E-state index contributed by atoms with van der Waals surface area (Å²) in [5.74, 6) is 1.46. The quantitative estimate of drug-likeness (QED) is 0.203. The Morgan fingerprint density at radius 2 is 0.842 bits per heavy atom. The molecule has 0 bridgehead atoms. The Bertz CT molecular complexity index is 821. The number of hydrogen-bond acceptors (Lipinski definition) is 9. The van der Waals surface area contributed by atoms with Crippen molar-refractivity contribution in [1.82, 2.24) is 0 Å². The van der Waals surface area contributed by atoms with E-state index < -0.39 is 0 Å². The Labute approximate surface area is 225 Å². The van der Waals surface area contributed by atoms with Crippen molar-refractivity contribution in [3.63, 3.8) is 0 Å². The summed E-state index contributed by atoms with van der Waals surface area (Å²) in [4.78, 5) is 11.0. The van der Waals surface area contributed by atoms with Crippen LogP contribution < -0.4 is 14.8 Å². The number of anilines is 1. The summed E-state index contributed by atoms with van der Waals surface area (Å²) in [7, 11) is 0. The second kappa shape index (κ2) is 22.3. The maximum atomic E-state index is 11.0. The van der Waals surface area contributed by atoms with Gasteiger partial charge in [0.15, 0.2) is 0 Å². The molecule has 0 aromatic heterocycles. The molecule has 0 aliphatic rings. The number of nitrogens with one attached hydrogen (secondary N) is 1. The van der Waals surface area contributed by atoms with Crippen LogP contribution in [0.4, 0.5) is 5.69 Å². The van der Waals surface area contributed by atoms with Crippen LogP contribution >= 0.6 is 0 Å². The lowest BCUT2D eigenvalue weighted by Crippen LogP contribution is -2.15. The molecule has 1 amide bonds. The molecule has 2 aromatic carbocycles. The molecule has 0 unspecified atom stereocenters. The zero-order valence-corrected chi connectivity index (χ0v) is 22.3. The van der Waals surface area contributed by atoms with Gasteiger partial charge in [-0.3, -0.25) is 4.79 Å². The number of ether oxygens (including phenoxy) is 8. The van der Waals surface area contributed by atoms with Gasteiger partial charge in [-0.15, -0.1) is 0 Å². The molecule has 10 nitrogen and oxygen atoms in total. The van der Waals surface area contributed by atoms with Crippen LogP contribution in [0, 0.1) is 0 Å². The Morgan fingerprint density at radius 3 is 1.21 bits per heavy atom. The van der Waals surface area contributed by atoms with Crippen molar-refractivity contribution in [2.24, 2.45) is 0 Å². The Morgan fingerprint density at radius 1 is 0.500 bits per heavy atom. The SMILES string of the molecule is CC(=O)Nc1ccc(OCCOCCOCCOCCOCCOCCOCCOc2ccccc2)cc1. The van der Waals surface area contributed by atoms with E-state index in [0.29, 0.717) is 92.5 Å². The molecule has 212 valence electrons. The van der Waals surface area contributed by atoms with Crippen molar-refractivity contribution < 1.29 is 42.7 Å². The van der Waals surface area contributed by atoms with Crippen LogP contribution in [0.15, 0.2) is 54.6 Å². The predicted octanol–water partition coefficient (Wildman–Crippen LogP) is 3.20. The molecule has 2 rings (SSSR count). The van der Waals surface area contributed by atoms with Gasteiger partial charge in [-0.25, -0.2) is 0 Å². The summed E-state index contributed by atoms with van der Waals surface area (Å²) in [6.07, 6.45) is 0. The lowest BCUT2D eigenvalue weighted by Gasteiger charge is -2.09. The van der Waals surface area contributed by atoms with Crippen LogP contribution in [0.5, 0.6) is 11.5 Å². The van der Waals surface area contributed by atoms with E-state index in [-0.39, 0.29) is 5.91 Å². The molecular weight excluding hydrogens is 494 g/mol. The number of carbonyl (C=O) groups excluding carboxylic acids is 1. The number of amides is 1. The van der Waals surface area contributed by atoms with Crippen molar-refractivity contribution in [3.8, 4) is 11.5 Å². The summed E-state index contributed by atoms with van der Waals surface area (Å²) in [5, 5.41) is 2.71. The average Bonchev–Trinajstić information content (AvgIpc) is 2.92. The first kappa shape index (κ1) is 31.5. The van der Waals surface area contributed by atoms with Crippen molar-refractivity contribution in [1.29, 1.82) is 0 Å². The monoisotopic (exact) mass is 535 g/mol. The standard InChI is InChI=1S/C28H41NO9/c1-25(30)29-26-7-9-28(10-8-26)38-24-22-36-20-18-34-16-14-32-12-11-31-13-15-33-17-19-35-21-23-37-27-5-3-2-4-6-27/h2-10H,11-24H2,1H3,(H,29,30). The molecule has 0 saturated heterocycles. The molecule has 38 heavy (non-hydrogen) atoms. The zero-order valence-electron chi connectivity index (χ0n) is 22.3. The highest BCUT2D eigenvalue weighted by atomic mass is 16.6. The van der Waals surface area contributed by atoms with Crippen LogP contribution in [0.3, 0.4) is 0 Å². The third kappa shape index (κ3) is 17.7. The summed E-state index contributed by atoms with van der Waals surface area (Å²) < 4.78 is 43.9. The fraction of sp³-hybridized carbons (Fsp3) is 0.536. The van der Waals surface area contributed by atoms with E-state index in [1.165, 1.54) is 6.92 Å². The highest BCUT2D eigenvalue weighted by Gasteiger charge is 1.98. The minimum absolute atomic E-state index is 0.105. The molecule has 0 spiro atoms. The summed E-state index contributed by atoms with van der Waals surface area (Å²) in [5.41, 5.74) is 0.735. The number of benzene rings is 2. The Balaban J connectivity index is 1.22. The van der Waals surface area contributed by atoms with Crippen molar-refractivity contribution in [2.45, 2.75) is 6.92 Å². The molecule has 0 fully saturated rings. The maximum Gasteiger partial charge on any atom is 0.221 e. The first-order chi connectivity index (χ1) is 18.7. The van der Waals surface area contributed by atoms with Crippen LogP contribution in [0.1, 0.15) is 6.92 Å². The molecule has 0 radical (unpaired) electrons. The smallest absolute Gasteiger partial charge is 0.221 e. The molecule has 0 atom stereocenters. The van der Waals surface area contributed by atoms with Crippen molar-refractivity contribution in [3.05, 3.63) is 54.6 Å². The average molecular weight is 536 g/mol. The van der Waals surface area contributed by atoms with E-state index in [2.05, 4.69) is 5.32 Å². The van der Waals surface area contributed by atoms with Crippen LogP contribution in [0.25, 0.3) is 0 Å². The van der Waals surface area contributed by atoms with Crippen LogP contribution in [-0.4, -0.2) is 98.4 Å². The third-order valence-corrected chi connectivity index (χ3v) is 4.77. The molecular formula is C28H41NO9. The van der Waals surface area contributed by atoms with Gasteiger partial charge in [0.2, 0.25) is 5.91 Å². The van der Waals surface area contributed by atoms with E-state index in [9.17, 15) is 4.79 Å². The predicted molar refractivity (Wildman–Crippen MR) is 143 cm³/mol. The topological polar surface area (TPSA) is 103 Å². The number of para-hydroxylation sites is 1. The van der Waals surface area contributed by atoms with Crippen LogP contribution in [-0.2, 0) is 33.2 Å². The van der Waals surface area contributed by atoms with Crippen LogP contribution in [0.2, 0.25) is 0 Å². The third-order valence-electron chi connectivity index (χ3n) is 4.77.